The zero-order valence-electron chi connectivity index (χ0n) is 15.2. The fourth-order valence-corrected chi connectivity index (χ4v) is 3.26. The van der Waals surface area contributed by atoms with Crippen LogP contribution in [0.4, 0.5) is 0 Å². The molecule has 12 heteroatoms. The molecule has 152 valence electrons. The summed E-state index contributed by atoms with van der Waals surface area (Å²) in [4.78, 5) is 25.2. The first kappa shape index (κ1) is 20.2. The van der Waals surface area contributed by atoms with Crippen LogP contribution in [0.15, 0.2) is 51.9 Å². The second-order valence-corrected chi connectivity index (χ2v) is 7.65. The van der Waals surface area contributed by atoms with E-state index < -0.39 is 34.5 Å². The molecule has 0 aliphatic heterocycles. The van der Waals surface area contributed by atoms with Crippen LogP contribution in [0.3, 0.4) is 0 Å². The van der Waals surface area contributed by atoms with Crippen LogP contribution < -0.4 is 10.5 Å². The molecule has 0 aliphatic carbocycles. The van der Waals surface area contributed by atoms with Crippen molar-refractivity contribution in [3.63, 3.8) is 0 Å². The second kappa shape index (κ2) is 8.24. The fourth-order valence-electron chi connectivity index (χ4n) is 2.29. The Morgan fingerprint density at radius 2 is 2.00 bits per heavy atom. The number of aromatic nitrogens is 3. The van der Waals surface area contributed by atoms with Crippen molar-refractivity contribution in [1.82, 2.24) is 19.9 Å². The van der Waals surface area contributed by atoms with Gasteiger partial charge in [-0.25, -0.2) is 8.42 Å². The highest BCUT2D eigenvalue weighted by atomic mass is 32.2. The first-order valence-electron chi connectivity index (χ1n) is 8.32. The van der Waals surface area contributed by atoms with Crippen LogP contribution in [0, 0.1) is 0 Å². The summed E-state index contributed by atoms with van der Waals surface area (Å²) in [5, 5.41) is 7.74. The van der Waals surface area contributed by atoms with Crippen LogP contribution in [-0.2, 0) is 19.6 Å². The highest BCUT2D eigenvalue weighted by Gasteiger charge is 2.22. The van der Waals surface area contributed by atoms with E-state index in [-0.39, 0.29) is 22.4 Å². The normalized spacial score (nSPS) is 12.4. The summed E-state index contributed by atoms with van der Waals surface area (Å²) in [5.74, 6) is -1.33. The Kier molecular flexibility index (Phi) is 5.75. The Morgan fingerprint density at radius 1 is 1.28 bits per heavy atom. The minimum Gasteiger partial charge on any atom is -0.452 e. The first-order valence-corrected chi connectivity index (χ1v) is 9.81. The Morgan fingerprint density at radius 3 is 2.66 bits per heavy atom. The molecule has 2 heterocycles. The maximum Gasteiger partial charge on any atom is 0.321 e. The zero-order valence-corrected chi connectivity index (χ0v) is 16.0. The van der Waals surface area contributed by atoms with E-state index in [9.17, 15) is 18.0 Å². The molecule has 29 heavy (non-hydrogen) atoms. The van der Waals surface area contributed by atoms with E-state index in [0.717, 1.165) is 12.3 Å². The number of benzene rings is 1. The van der Waals surface area contributed by atoms with Crippen molar-refractivity contribution in [2.75, 3.05) is 6.54 Å². The van der Waals surface area contributed by atoms with E-state index in [1.807, 2.05) is 18.2 Å². The molecule has 0 spiro atoms. The molecule has 0 unspecified atom stereocenters. The lowest BCUT2D eigenvalue weighted by atomic mass is 10.2. The number of nitrogens with two attached hydrogens (primary N) is 1. The minimum atomic E-state index is -4.04. The van der Waals surface area contributed by atoms with E-state index in [0.29, 0.717) is 5.56 Å². The standard InChI is InChI=1S/C17H17N5O6S/c1-10(16-21-22-17(28-16)11-5-3-2-4-6-11)27-14(23)9-20-29(25,26)12-7-13(15(18)24)19-8-12/h2-8,10,19-20H,9H2,1H3,(H2,18,24)/t10-/m0/s1. The maximum atomic E-state index is 12.2. The van der Waals surface area contributed by atoms with Gasteiger partial charge in [-0.2, -0.15) is 4.72 Å². The van der Waals surface area contributed by atoms with Gasteiger partial charge in [0.2, 0.25) is 15.9 Å². The molecule has 0 saturated heterocycles. The van der Waals surface area contributed by atoms with E-state index in [1.54, 1.807) is 12.1 Å². The number of ether oxygens (including phenoxy) is 1. The van der Waals surface area contributed by atoms with Crippen LogP contribution in [0.5, 0.6) is 0 Å². The molecule has 3 rings (SSSR count). The molecule has 0 aliphatic rings. The molecular formula is C17H17N5O6S. The molecule has 1 amide bonds. The van der Waals surface area contributed by atoms with E-state index >= 15 is 0 Å². The highest BCUT2D eigenvalue weighted by Crippen LogP contribution is 2.22. The van der Waals surface area contributed by atoms with Gasteiger partial charge in [0, 0.05) is 11.8 Å². The monoisotopic (exact) mass is 419 g/mol. The molecule has 1 aromatic carbocycles. The number of nitrogens with zero attached hydrogens (tertiary/aromatic N) is 2. The summed E-state index contributed by atoms with van der Waals surface area (Å²) in [5.41, 5.74) is 5.69. The van der Waals surface area contributed by atoms with Crippen LogP contribution in [-0.4, -0.2) is 42.0 Å². The first-order chi connectivity index (χ1) is 13.8. The molecule has 0 fully saturated rings. The summed E-state index contributed by atoms with van der Waals surface area (Å²) >= 11 is 0. The number of hydrogen-bond donors (Lipinski definition) is 3. The second-order valence-electron chi connectivity index (χ2n) is 5.88. The van der Waals surface area contributed by atoms with Crippen molar-refractivity contribution in [1.29, 1.82) is 0 Å². The molecule has 1 atom stereocenters. The number of primary amides is 1. The SMILES string of the molecule is C[C@H](OC(=O)CNS(=O)(=O)c1c[nH]c(C(N)=O)c1)c1nnc(-c2ccccc2)o1. The quantitative estimate of drug-likeness (QED) is 0.449. The summed E-state index contributed by atoms with van der Waals surface area (Å²) in [6.45, 7) is 0.878. The average molecular weight is 419 g/mol. The van der Waals surface area contributed by atoms with Gasteiger partial charge in [0.05, 0.1) is 0 Å². The number of nitrogens with one attached hydrogen (secondary N) is 2. The Bertz CT molecular complexity index is 1120. The Balaban J connectivity index is 1.57. The summed E-state index contributed by atoms with van der Waals surface area (Å²) in [7, 11) is -4.04. The van der Waals surface area contributed by atoms with Crippen molar-refractivity contribution in [3.8, 4) is 11.5 Å². The fraction of sp³-hybridized carbons (Fsp3) is 0.176. The number of carbonyl (C=O) groups excluding carboxylic acids is 2. The van der Waals surface area contributed by atoms with Gasteiger partial charge in [-0.15, -0.1) is 10.2 Å². The predicted octanol–water partition coefficient (Wildman–Crippen LogP) is 0.746. The zero-order chi connectivity index (χ0) is 21.0. The number of amides is 1. The van der Waals surface area contributed by atoms with Gasteiger partial charge in [0.1, 0.15) is 17.1 Å². The van der Waals surface area contributed by atoms with E-state index in [4.69, 9.17) is 14.9 Å². The van der Waals surface area contributed by atoms with Gasteiger partial charge < -0.3 is 19.9 Å². The van der Waals surface area contributed by atoms with Gasteiger partial charge in [-0.3, -0.25) is 9.59 Å². The smallest absolute Gasteiger partial charge is 0.321 e. The van der Waals surface area contributed by atoms with Crippen molar-refractivity contribution in [2.45, 2.75) is 17.9 Å². The lowest BCUT2D eigenvalue weighted by molar-refractivity contribution is -0.148. The molecule has 11 nitrogen and oxygen atoms in total. The third-order valence-electron chi connectivity index (χ3n) is 3.76. The van der Waals surface area contributed by atoms with Crippen LogP contribution in [0.1, 0.15) is 29.4 Å². The molecule has 2 aromatic heterocycles. The van der Waals surface area contributed by atoms with Gasteiger partial charge in [0.15, 0.2) is 6.10 Å². The largest absolute Gasteiger partial charge is 0.452 e. The number of esters is 1. The number of carbonyl (C=O) groups is 2. The Labute approximate surface area is 165 Å². The minimum absolute atomic E-state index is 0.0665. The lowest BCUT2D eigenvalue weighted by Gasteiger charge is -2.10. The molecule has 0 saturated carbocycles. The number of hydrogen-bond acceptors (Lipinski definition) is 8. The third-order valence-corrected chi connectivity index (χ3v) is 5.14. The van der Waals surface area contributed by atoms with Crippen molar-refractivity contribution < 1.29 is 27.2 Å². The van der Waals surface area contributed by atoms with Crippen LogP contribution >= 0.6 is 0 Å². The summed E-state index contributed by atoms with van der Waals surface area (Å²) in [6, 6.07) is 10.1. The maximum absolute atomic E-state index is 12.2. The Hall–Kier alpha value is -3.51. The van der Waals surface area contributed by atoms with Crippen LogP contribution in [0.2, 0.25) is 0 Å². The lowest BCUT2D eigenvalue weighted by Crippen LogP contribution is -2.31. The van der Waals surface area contributed by atoms with Crippen LogP contribution in [0.25, 0.3) is 11.5 Å². The number of sulfonamides is 1. The van der Waals surface area contributed by atoms with Gasteiger partial charge in [-0.05, 0) is 25.1 Å². The summed E-state index contributed by atoms with van der Waals surface area (Å²) in [6.07, 6.45) is 0.200. The number of rotatable bonds is 8. The van der Waals surface area contributed by atoms with Crippen molar-refractivity contribution in [3.05, 3.63) is 54.2 Å². The van der Waals surface area contributed by atoms with Gasteiger partial charge >= 0.3 is 5.97 Å². The van der Waals surface area contributed by atoms with Crippen molar-refractivity contribution >= 4 is 21.9 Å². The summed E-state index contributed by atoms with van der Waals surface area (Å²) < 4.78 is 37.0. The van der Waals surface area contributed by atoms with Gasteiger partial charge in [0.25, 0.3) is 11.8 Å². The van der Waals surface area contributed by atoms with E-state index in [1.165, 1.54) is 6.92 Å². The molecule has 4 N–H and O–H groups in total. The molecule has 0 radical (unpaired) electrons. The number of H-pyrrole nitrogens is 1. The third kappa shape index (κ3) is 4.86. The molecular weight excluding hydrogens is 402 g/mol. The predicted molar refractivity (Wildman–Crippen MR) is 98.7 cm³/mol. The van der Waals surface area contributed by atoms with Crippen molar-refractivity contribution in [2.24, 2.45) is 5.73 Å². The molecule has 0 bridgehead atoms. The van der Waals surface area contributed by atoms with E-state index in [2.05, 4.69) is 19.9 Å². The average Bonchev–Trinajstić information content (AvgIpc) is 3.37. The highest BCUT2D eigenvalue weighted by molar-refractivity contribution is 7.89. The van der Waals surface area contributed by atoms with Gasteiger partial charge in [-0.1, -0.05) is 18.2 Å². The number of aromatic amines is 1. The molecule has 3 aromatic rings. The topological polar surface area (TPSA) is 170 Å².